The molecular formula is C16H16Cl2N2O6S. The standard InChI is InChI=1S/C15H14N2O6S.CH2Cl2/c18-9-7-24-14-11(13(20)17(14)12(9)15(21)22)16-10(19)6-23-8-4-2-1-3-5-8;2-1-3/h1-5,11,14,18H,6-7H2,(H,16,19)(H,21,22);1H2/t11?,14-;/m0./s1. The lowest BCUT2D eigenvalue weighted by atomic mass is 10.0. The number of carboxylic acids is 1. The van der Waals surface area contributed by atoms with Gasteiger partial charge in [-0.15, -0.1) is 35.0 Å². The van der Waals surface area contributed by atoms with Gasteiger partial charge in [0.25, 0.3) is 11.8 Å². The van der Waals surface area contributed by atoms with Crippen LogP contribution in [0.25, 0.3) is 0 Å². The highest BCUT2D eigenvalue weighted by molar-refractivity contribution is 8.00. The molecule has 2 atom stereocenters. The van der Waals surface area contributed by atoms with Gasteiger partial charge in [-0.2, -0.15) is 0 Å². The van der Waals surface area contributed by atoms with E-state index in [0.717, 1.165) is 4.90 Å². The fourth-order valence-electron chi connectivity index (χ4n) is 2.48. The van der Waals surface area contributed by atoms with E-state index in [-0.39, 0.29) is 23.5 Å². The minimum Gasteiger partial charge on any atom is -0.509 e. The molecule has 1 unspecified atom stereocenters. The minimum absolute atomic E-state index is 0.0724. The molecule has 27 heavy (non-hydrogen) atoms. The number of para-hydroxylation sites is 1. The van der Waals surface area contributed by atoms with E-state index in [9.17, 15) is 19.5 Å². The van der Waals surface area contributed by atoms with Crippen molar-refractivity contribution in [2.45, 2.75) is 11.4 Å². The Bertz CT molecular complexity index is 746. The molecule has 2 amide bonds. The maximum Gasteiger partial charge on any atom is 0.356 e. The van der Waals surface area contributed by atoms with Gasteiger partial charge in [-0.3, -0.25) is 14.5 Å². The van der Waals surface area contributed by atoms with Gasteiger partial charge in [0.1, 0.15) is 22.9 Å². The van der Waals surface area contributed by atoms with Gasteiger partial charge in [0.2, 0.25) is 0 Å². The number of benzene rings is 1. The number of carboxylic acid groups (broad SMARTS) is 1. The third-order valence-corrected chi connectivity index (χ3v) is 4.84. The molecule has 3 rings (SSSR count). The maximum atomic E-state index is 12.1. The first kappa shape index (κ1) is 21.2. The molecule has 0 aliphatic carbocycles. The number of amides is 2. The van der Waals surface area contributed by atoms with E-state index in [1.54, 1.807) is 24.3 Å². The van der Waals surface area contributed by atoms with Crippen molar-refractivity contribution < 1.29 is 29.3 Å². The quantitative estimate of drug-likeness (QED) is 0.477. The maximum absolute atomic E-state index is 12.1. The molecular weight excluding hydrogens is 419 g/mol. The van der Waals surface area contributed by atoms with Gasteiger partial charge in [0.05, 0.1) is 11.1 Å². The number of carbonyl (C=O) groups excluding carboxylic acids is 2. The van der Waals surface area contributed by atoms with Crippen molar-refractivity contribution in [2.24, 2.45) is 0 Å². The SMILES string of the molecule is ClCCl.O=C(COc1ccccc1)NC1C(=O)N2C(C(=O)O)=C(O)CS[C@@H]12. The van der Waals surface area contributed by atoms with Gasteiger partial charge in [0.15, 0.2) is 12.3 Å². The number of ether oxygens (including phenoxy) is 1. The second-order valence-electron chi connectivity index (χ2n) is 5.26. The molecule has 1 aromatic rings. The predicted octanol–water partition coefficient (Wildman–Crippen LogP) is 1.74. The minimum atomic E-state index is -1.37. The Morgan fingerprint density at radius 1 is 1.30 bits per heavy atom. The molecule has 2 heterocycles. The number of halogens is 2. The fourth-order valence-corrected chi connectivity index (χ4v) is 3.68. The molecule has 0 saturated carbocycles. The number of carbonyl (C=O) groups is 3. The Hall–Kier alpha value is -2.10. The van der Waals surface area contributed by atoms with Crippen LogP contribution in [0.4, 0.5) is 0 Å². The number of hydrogen-bond acceptors (Lipinski definition) is 6. The molecule has 0 spiro atoms. The lowest BCUT2D eigenvalue weighted by molar-refractivity contribution is -0.151. The summed E-state index contributed by atoms with van der Waals surface area (Å²) < 4.78 is 5.30. The smallest absolute Gasteiger partial charge is 0.356 e. The van der Waals surface area contributed by atoms with Crippen LogP contribution in [-0.2, 0) is 14.4 Å². The largest absolute Gasteiger partial charge is 0.509 e. The van der Waals surface area contributed by atoms with Crippen LogP contribution < -0.4 is 10.1 Å². The molecule has 8 nitrogen and oxygen atoms in total. The van der Waals surface area contributed by atoms with Crippen LogP contribution in [0.2, 0.25) is 0 Å². The Balaban J connectivity index is 0.000000817. The molecule has 1 saturated heterocycles. The van der Waals surface area contributed by atoms with Gasteiger partial charge in [-0.25, -0.2) is 4.79 Å². The van der Waals surface area contributed by atoms with Crippen molar-refractivity contribution in [1.29, 1.82) is 0 Å². The molecule has 146 valence electrons. The molecule has 0 aromatic heterocycles. The first-order valence-electron chi connectivity index (χ1n) is 7.60. The zero-order chi connectivity index (χ0) is 20.0. The highest BCUT2D eigenvalue weighted by atomic mass is 35.5. The summed E-state index contributed by atoms with van der Waals surface area (Å²) in [6, 6.07) is 7.93. The summed E-state index contributed by atoms with van der Waals surface area (Å²) in [5.74, 6) is -2.17. The molecule has 1 aromatic carbocycles. The van der Waals surface area contributed by atoms with Gasteiger partial charge < -0.3 is 20.3 Å². The molecule has 1 fully saturated rings. The van der Waals surface area contributed by atoms with Crippen molar-refractivity contribution in [2.75, 3.05) is 17.7 Å². The van der Waals surface area contributed by atoms with E-state index in [4.69, 9.17) is 33.0 Å². The number of alkyl halides is 2. The Kier molecular flexibility index (Phi) is 7.64. The summed E-state index contributed by atoms with van der Waals surface area (Å²) in [5.41, 5.74) is -0.421. The van der Waals surface area contributed by atoms with E-state index < -0.39 is 34.9 Å². The number of nitrogens with zero attached hydrogens (tertiary/aromatic N) is 1. The average molecular weight is 435 g/mol. The molecule has 2 aliphatic heterocycles. The Morgan fingerprint density at radius 3 is 2.52 bits per heavy atom. The van der Waals surface area contributed by atoms with E-state index in [0.29, 0.717) is 5.75 Å². The van der Waals surface area contributed by atoms with E-state index >= 15 is 0 Å². The Morgan fingerprint density at radius 2 is 1.93 bits per heavy atom. The van der Waals surface area contributed by atoms with Crippen LogP contribution >= 0.6 is 35.0 Å². The van der Waals surface area contributed by atoms with E-state index in [2.05, 4.69) is 5.32 Å². The number of fused-ring (bicyclic) bond motifs is 1. The number of nitrogens with one attached hydrogen (secondary N) is 1. The number of rotatable bonds is 5. The van der Waals surface area contributed by atoms with Crippen LogP contribution in [-0.4, -0.2) is 62.0 Å². The third-order valence-electron chi connectivity index (χ3n) is 3.58. The number of thioether (sulfide) groups is 1. The van der Waals surface area contributed by atoms with Gasteiger partial charge >= 0.3 is 5.97 Å². The fraction of sp³-hybridized carbons (Fsp3) is 0.312. The van der Waals surface area contributed by atoms with Gasteiger partial charge in [-0.05, 0) is 12.1 Å². The summed E-state index contributed by atoms with van der Waals surface area (Å²) in [5, 5.41) is 20.9. The highest BCUT2D eigenvalue weighted by Gasteiger charge is 2.54. The van der Waals surface area contributed by atoms with Crippen molar-refractivity contribution in [3.63, 3.8) is 0 Å². The second kappa shape index (κ2) is 9.72. The third kappa shape index (κ3) is 5.00. The summed E-state index contributed by atoms with van der Waals surface area (Å²) >= 11 is 10.7. The van der Waals surface area contributed by atoms with E-state index in [1.807, 2.05) is 6.07 Å². The van der Waals surface area contributed by atoms with Crippen LogP contribution in [0, 0.1) is 0 Å². The molecule has 3 N–H and O–H groups in total. The average Bonchev–Trinajstić information content (AvgIpc) is 2.65. The zero-order valence-electron chi connectivity index (χ0n) is 13.8. The molecule has 11 heteroatoms. The summed E-state index contributed by atoms with van der Waals surface area (Å²) in [6.45, 7) is -0.252. The van der Waals surface area contributed by atoms with Gasteiger partial charge in [-0.1, -0.05) is 18.2 Å². The topological polar surface area (TPSA) is 116 Å². The predicted molar refractivity (Wildman–Crippen MR) is 101 cm³/mol. The summed E-state index contributed by atoms with van der Waals surface area (Å²) in [6.07, 6.45) is 0. The monoisotopic (exact) mass is 434 g/mol. The first-order chi connectivity index (χ1) is 12.9. The van der Waals surface area contributed by atoms with Crippen molar-refractivity contribution in [3.8, 4) is 5.75 Å². The van der Waals surface area contributed by atoms with Crippen molar-refractivity contribution in [3.05, 3.63) is 41.8 Å². The van der Waals surface area contributed by atoms with Crippen LogP contribution in [0.1, 0.15) is 0 Å². The molecule has 2 aliphatic rings. The Labute approximate surface area is 169 Å². The number of aliphatic carboxylic acids is 1. The summed E-state index contributed by atoms with van der Waals surface area (Å²) in [7, 11) is 0. The first-order valence-corrected chi connectivity index (χ1v) is 9.71. The van der Waals surface area contributed by atoms with Crippen LogP contribution in [0.15, 0.2) is 41.8 Å². The lowest BCUT2D eigenvalue weighted by Gasteiger charge is -2.48. The number of β-lactam (4-membered cyclic amide) rings is 1. The van der Waals surface area contributed by atoms with Gasteiger partial charge in [0, 0.05) is 0 Å². The lowest BCUT2D eigenvalue weighted by Crippen LogP contribution is -2.70. The summed E-state index contributed by atoms with van der Waals surface area (Å²) in [4.78, 5) is 36.2. The number of aliphatic hydroxyl groups is 1. The zero-order valence-corrected chi connectivity index (χ0v) is 16.1. The second-order valence-corrected chi connectivity index (χ2v) is 7.17. The van der Waals surface area contributed by atoms with Crippen molar-refractivity contribution in [1.82, 2.24) is 10.2 Å². The molecule has 0 radical (unpaired) electrons. The number of aliphatic hydroxyl groups excluding tert-OH is 1. The molecule has 0 bridgehead atoms. The van der Waals surface area contributed by atoms with Crippen LogP contribution in [0.5, 0.6) is 5.75 Å². The van der Waals surface area contributed by atoms with Crippen molar-refractivity contribution >= 4 is 52.7 Å². The van der Waals surface area contributed by atoms with Crippen LogP contribution in [0.3, 0.4) is 0 Å². The van der Waals surface area contributed by atoms with E-state index in [1.165, 1.54) is 11.8 Å². The normalized spacial score (nSPS) is 20.7. The highest BCUT2D eigenvalue weighted by Crippen LogP contribution is 2.39. The number of hydrogen-bond donors (Lipinski definition) is 3.